The van der Waals surface area contributed by atoms with Crippen molar-refractivity contribution in [2.75, 3.05) is 6.54 Å². The molecule has 1 aliphatic carbocycles. The molecule has 14 heavy (non-hydrogen) atoms. The molecule has 1 fully saturated rings. The van der Waals surface area contributed by atoms with Gasteiger partial charge in [0.15, 0.2) is 0 Å². The van der Waals surface area contributed by atoms with Crippen molar-refractivity contribution in [3.8, 4) is 0 Å². The first kappa shape index (κ1) is 9.59. The van der Waals surface area contributed by atoms with Crippen LogP contribution in [0, 0.1) is 5.92 Å². The minimum Gasteiger partial charge on any atom is -0.452 e. The third-order valence-corrected chi connectivity index (χ3v) is 2.69. The summed E-state index contributed by atoms with van der Waals surface area (Å²) in [5, 5.41) is 2.97. The van der Waals surface area contributed by atoms with Gasteiger partial charge in [0.05, 0.1) is 11.8 Å². The highest BCUT2D eigenvalue weighted by atomic mass is 35.5. The van der Waals surface area contributed by atoms with E-state index in [4.69, 9.17) is 16.0 Å². The summed E-state index contributed by atoms with van der Waals surface area (Å²) in [6.45, 7) is 0.727. The molecule has 1 aromatic heterocycles. The van der Waals surface area contributed by atoms with Gasteiger partial charge in [-0.05, 0) is 30.0 Å². The Morgan fingerprint density at radius 1 is 1.64 bits per heavy atom. The standard InChI is InChI=1S/C10H12ClNO2/c11-9-8(4-6-14-9)10(13)12-5-3-7-1-2-7/h4,6-7H,1-3,5H2,(H,12,13). The third kappa shape index (κ3) is 2.29. The fraction of sp³-hybridized carbons (Fsp3) is 0.500. The Morgan fingerprint density at radius 2 is 2.43 bits per heavy atom. The monoisotopic (exact) mass is 213 g/mol. The zero-order valence-electron chi connectivity index (χ0n) is 7.75. The molecule has 1 aliphatic rings. The molecule has 1 heterocycles. The lowest BCUT2D eigenvalue weighted by Gasteiger charge is -2.02. The summed E-state index contributed by atoms with van der Waals surface area (Å²) in [4.78, 5) is 11.5. The summed E-state index contributed by atoms with van der Waals surface area (Å²) in [5.74, 6) is 0.680. The topological polar surface area (TPSA) is 42.2 Å². The van der Waals surface area contributed by atoms with Crippen molar-refractivity contribution in [1.29, 1.82) is 0 Å². The number of carbonyl (C=O) groups excluding carboxylic acids is 1. The van der Waals surface area contributed by atoms with Gasteiger partial charge in [-0.1, -0.05) is 12.8 Å². The van der Waals surface area contributed by atoms with Crippen molar-refractivity contribution < 1.29 is 9.21 Å². The van der Waals surface area contributed by atoms with E-state index in [0.29, 0.717) is 5.56 Å². The summed E-state index contributed by atoms with van der Waals surface area (Å²) in [5.41, 5.74) is 0.419. The van der Waals surface area contributed by atoms with E-state index in [-0.39, 0.29) is 11.1 Å². The molecule has 0 radical (unpaired) electrons. The van der Waals surface area contributed by atoms with Gasteiger partial charge in [-0.25, -0.2) is 0 Å². The van der Waals surface area contributed by atoms with Crippen LogP contribution < -0.4 is 5.32 Å². The second-order valence-corrected chi connectivity index (χ2v) is 3.94. The first-order chi connectivity index (χ1) is 6.77. The van der Waals surface area contributed by atoms with Crippen LogP contribution in [0.25, 0.3) is 0 Å². The van der Waals surface area contributed by atoms with Gasteiger partial charge in [-0.2, -0.15) is 0 Å². The number of hydrogen-bond donors (Lipinski definition) is 1. The van der Waals surface area contributed by atoms with Gasteiger partial charge in [0.2, 0.25) is 5.22 Å². The zero-order chi connectivity index (χ0) is 9.97. The first-order valence-corrected chi connectivity index (χ1v) is 5.16. The van der Waals surface area contributed by atoms with Crippen molar-refractivity contribution in [1.82, 2.24) is 5.32 Å². The maximum Gasteiger partial charge on any atom is 0.256 e. The maximum absolute atomic E-state index is 11.5. The van der Waals surface area contributed by atoms with E-state index >= 15 is 0 Å². The van der Waals surface area contributed by atoms with Crippen LogP contribution >= 0.6 is 11.6 Å². The highest BCUT2D eigenvalue weighted by Crippen LogP contribution is 2.31. The maximum atomic E-state index is 11.5. The van der Waals surface area contributed by atoms with Crippen LogP contribution in [0.15, 0.2) is 16.7 Å². The Labute approximate surface area is 87.4 Å². The fourth-order valence-corrected chi connectivity index (χ4v) is 1.55. The third-order valence-electron chi connectivity index (χ3n) is 2.40. The van der Waals surface area contributed by atoms with E-state index in [1.807, 2.05) is 0 Å². The summed E-state index contributed by atoms with van der Waals surface area (Å²) in [6, 6.07) is 1.58. The smallest absolute Gasteiger partial charge is 0.256 e. The molecule has 0 aromatic carbocycles. The van der Waals surface area contributed by atoms with Crippen molar-refractivity contribution in [2.45, 2.75) is 19.3 Å². The average molecular weight is 214 g/mol. The summed E-state index contributed by atoms with van der Waals surface area (Å²) < 4.78 is 4.83. The molecule has 0 spiro atoms. The molecular weight excluding hydrogens is 202 g/mol. The normalized spacial score (nSPS) is 15.5. The first-order valence-electron chi connectivity index (χ1n) is 4.78. The molecule has 0 aliphatic heterocycles. The average Bonchev–Trinajstić information content (AvgIpc) is 2.87. The number of halogens is 1. The van der Waals surface area contributed by atoms with Crippen molar-refractivity contribution in [3.05, 3.63) is 23.1 Å². The Morgan fingerprint density at radius 3 is 3.00 bits per heavy atom. The molecule has 0 bridgehead atoms. The van der Waals surface area contributed by atoms with E-state index in [1.165, 1.54) is 19.1 Å². The molecule has 1 saturated carbocycles. The second-order valence-electron chi connectivity index (χ2n) is 3.60. The molecular formula is C10H12ClNO2. The Bertz CT molecular complexity index is 331. The summed E-state index contributed by atoms with van der Waals surface area (Å²) in [7, 11) is 0. The molecule has 4 heteroatoms. The van der Waals surface area contributed by atoms with Gasteiger partial charge in [0.25, 0.3) is 5.91 Å². The number of rotatable bonds is 4. The van der Waals surface area contributed by atoms with Crippen LogP contribution in [0.3, 0.4) is 0 Å². The van der Waals surface area contributed by atoms with Crippen LogP contribution in [-0.2, 0) is 0 Å². The van der Waals surface area contributed by atoms with Gasteiger partial charge in [-0.15, -0.1) is 0 Å². The van der Waals surface area contributed by atoms with E-state index in [2.05, 4.69) is 5.32 Å². The molecule has 0 saturated heterocycles. The van der Waals surface area contributed by atoms with Crippen LogP contribution in [0.2, 0.25) is 5.22 Å². The van der Waals surface area contributed by atoms with Crippen molar-refractivity contribution in [2.24, 2.45) is 5.92 Å². The van der Waals surface area contributed by atoms with Crippen molar-refractivity contribution in [3.63, 3.8) is 0 Å². The minimum absolute atomic E-state index is 0.149. The van der Waals surface area contributed by atoms with E-state index in [0.717, 1.165) is 18.9 Å². The summed E-state index contributed by atoms with van der Waals surface area (Å²) in [6.07, 6.45) is 5.10. The highest BCUT2D eigenvalue weighted by molar-refractivity contribution is 6.32. The Balaban J connectivity index is 1.79. The van der Waals surface area contributed by atoms with Gasteiger partial charge < -0.3 is 9.73 Å². The SMILES string of the molecule is O=C(NCCC1CC1)c1ccoc1Cl. The van der Waals surface area contributed by atoms with E-state index in [1.54, 1.807) is 6.07 Å². The van der Waals surface area contributed by atoms with Crippen LogP contribution in [0.4, 0.5) is 0 Å². The van der Waals surface area contributed by atoms with Crippen molar-refractivity contribution >= 4 is 17.5 Å². The molecule has 1 amide bonds. The van der Waals surface area contributed by atoms with Crippen LogP contribution in [-0.4, -0.2) is 12.5 Å². The number of hydrogen-bond acceptors (Lipinski definition) is 2. The second kappa shape index (κ2) is 4.05. The molecule has 3 nitrogen and oxygen atoms in total. The number of carbonyl (C=O) groups is 1. The lowest BCUT2D eigenvalue weighted by Crippen LogP contribution is -2.24. The minimum atomic E-state index is -0.149. The van der Waals surface area contributed by atoms with E-state index in [9.17, 15) is 4.79 Å². The predicted octanol–water partition coefficient (Wildman–Crippen LogP) is 2.46. The molecule has 1 aromatic rings. The molecule has 1 N–H and O–H groups in total. The quantitative estimate of drug-likeness (QED) is 0.835. The molecule has 0 atom stereocenters. The van der Waals surface area contributed by atoms with Crippen LogP contribution in [0.1, 0.15) is 29.6 Å². The van der Waals surface area contributed by atoms with Gasteiger partial charge in [0, 0.05) is 6.54 Å². The predicted molar refractivity (Wildman–Crippen MR) is 53.4 cm³/mol. The fourth-order valence-electron chi connectivity index (χ4n) is 1.35. The van der Waals surface area contributed by atoms with E-state index < -0.39 is 0 Å². The lowest BCUT2D eigenvalue weighted by molar-refractivity contribution is 0.0952. The Hall–Kier alpha value is -0.960. The highest BCUT2D eigenvalue weighted by Gasteiger charge is 2.21. The molecule has 76 valence electrons. The van der Waals surface area contributed by atoms with Gasteiger partial charge >= 0.3 is 0 Å². The zero-order valence-corrected chi connectivity index (χ0v) is 8.51. The number of amides is 1. The van der Waals surface area contributed by atoms with Gasteiger partial charge in [-0.3, -0.25) is 4.79 Å². The van der Waals surface area contributed by atoms with Gasteiger partial charge in [0.1, 0.15) is 0 Å². The Kier molecular flexibility index (Phi) is 2.77. The van der Waals surface area contributed by atoms with Crippen LogP contribution in [0.5, 0.6) is 0 Å². The molecule has 0 unspecified atom stereocenters. The summed E-state index contributed by atoms with van der Waals surface area (Å²) >= 11 is 5.66. The lowest BCUT2D eigenvalue weighted by atomic mass is 10.2. The number of nitrogens with one attached hydrogen (secondary N) is 1. The number of furan rings is 1. The molecule has 2 rings (SSSR count). The largest absolute Gasteiger partial charge is 0.452 e.